The fourth-order valence-electron chi connectivity index (χ4n) is 1.97. The predicted octanol–water partition coefficient (Wildman–Crippen LogP) is 3.37. The number of nitrogens with one attached hydrogen (secondary N) is 1. The van der Waals surface area contributed by atoms with Crippen molar-refractivity contribution >= 4 is 23.4 Å². The Morgan fingerprint density at radius 2 is 2.00 bits per heavy atom. The van der Waals surface area contributed by atoms with E-state index in [4.69, 9.17) is 0 Å². The Morgan fingerprint density at radius 1 is 1.32 bits per heavy atom. The maximum Gasteiger partial charge on any atom is 0.234 e. The molecular weight excluding hydrogens is 296 g/mol. The minimum atomic E-state index is -0.0399. The van der Waals surface area contributed by atoms with Gasteiger partial charge in [-0.25, -0.2) is 0 Å². The van der Waals surface area contributed by atoms with Gasteiger partial charge in [0.1, 0.15) is 5.82 Å². The van der Waals surface area contributed by atoms with E-state index < -0.39 is 0 Å². The third-order valence-electron chi connectivity index (χ3n) is 3.76. The summed E-state index contributed by atoms with van der Waals surface area (Å²) in [5.41, 5.74) is 2.12. The van der Waals surface area contributed by atoms with E-state index in [0.717, 1.165) is 23.1 Å². The number of aromatic nitrogens is 3. The van der Waals surface area contributed by atoms with Gasteiger partial charge in [0.25, 0.3) is 0 Å². The number of thioether (sulfide) groups is 1. The number of hydrogen-bond donors (Lipinski definition) is 1. The molecule has 1 atom stereocenters. The molecule has 5 nitrogen and oxygen atoms in total. The van der Waals surface area contributed by atoms with Gasteiger partial charge in [-0.3, -0.25) is 4.79 Å². The average Bonchev–Trinajstić information content (AvgIpc) is 2.84. The number of hydrogen-bond acceptors (Lipinski definition) is 4. The van der Waals surface area contributed by atoms with Crippen LogP contribution < -0.4 is 5.32 Å². The molecule has 0 saturated heterocycles. The van der Waals surface area contributed by atoms with Crippen LogP contribution in [0.25, 0.3) is 0 Å². The summed E-state index contributed by atoms with van der Waals surface area (Å²) >= 11 is 1.38. The molecule has 0 fully saturated rings. The smallest absolute Gasteiger partial charge is 0.234 e. The van der Waals surface area contributed by atoms with Crippen LogP contribution >= 0.6 is 11.8 Å². The summed E-state index contributed by atoms with van der Waals surface area (Å²) in [4.78, 5) is 12.0. The molecule has 22 heavy (non-hydrogen) atoms. The predicted molar refractivity (Wildman–Crippen MR) is 90.2 cm³/mol. The number of benzene rings is 1. The highest BCUT2D eigenvalue weighted by molar-refractivity contribution is 7.99. The van der Waals surface area contributed by atoms with Gasteiger partial charge >= 0.3 is 0 Å². The van der Waals surface area contributed by atoms with Crippen molar-refractivity contribution in [1.29, 1.82) is 0 Å². The lowest BCUT2D eigenvalue weighted by Crippen LogP contribution is -2.14. The fraction of sp³-hybridized carbons (Fsp3) is 0.438. The number of aryl methyl sites for hydroxylation is 1. The summed E-state index contributed by atoms with van der Waals surface area (Å²) in [5.74, 6) is 1.66. The molecule has 1 aromatic carbocycles. The molecule has 2 rings (SSSR count). The molecule has 1 amide bonds. The van der Waals surface area contributed by atoms with Crippen molar-refractivity contribution < 1.29 is 4.79 Å². The summed E-state index contributed by atoms with van der Waals surface area (Å²) in [6.07, 6.45) is 1.11. The third kappa shape index (κ3) is 4.10. The summed E-state index contributed by atoms with van der Waals surface area (Å²) in [6.45, 7) is 6.26. The van der Waals surface area contributed by atoms with Gasteiger partial charge in [0.05, 0.1) is 5.75 Å². The largest absolute Gasteiger partial charge is 0.325 e. The summed E-state index contributed by atoms with van der Waals surface area (Å²) in [7, 11) is 1.89. The van der Waals surface area contributed by atoms with Crippen LogP contribution in [0.1, 0.15) is 37.6 Å². The zero-order valence-corrected chi connectivity index (χ0v) is 14.3. The molecule has 0 aliphatic heterocycles. The number of nitrogens with zero attached hydrogens (tertiary/aromatic N) is 3. The molecule has 0 aliphatic carbocycles. The monoisotopic (exact) mass is 318 g/mol. The van der Waals surface area contributed by atoms with Crippen molar-refractivity contribution in [3.63, 3.8) is 0 Å². The highest BCUT2D eigenvalue weighted by Crippen LogP contribution is 2.21. The van der Waals surface area contributed by atoms with Crippen LogP contribution in [0.2, 0.25) is 0 Å². The van der Waals surface area contributed by atoms with Crippen LogP contribution in [0.3, 0.4) is 0 Å². The molecule has 1 aromatic heterocycles. The van der Waals surface area contributed by atoms with E-state index in [-0.39, 0.29) is 5.91 Å². The first kappa shape index (κ1) is 16.5. The second-order valence-corrected chi connectivity index (χ2v) is 6.30. The molecule has 6 heteroatoms. The van der Waals surface area contributed by atoms with Crippen LogP contribution in [0.4, 0.5) is 5.69 Å². The minimum absolute atomic E-state index is 0.0399. The van der Waals surface area contributed by atoms with E-state index in [2.05, 4.69) is 41.5 Å². The zero-order valence-electron chi connectivity index (χ0n) is 13.5. The molecule has 1 N–H and O–H groups in total. The van der Waals surface area contributed by atoms with Crippen molar-refractivity contribution in [2.75, 3.05) is 11.1 Å². The standard InChI is InChI=1S/C16H22N4OS/c1-5-11(2)13-6-8-14(9-7-13)17-15(21)10-22-16-19-18-12(3)20(16)4/h6-9,11H,5,10H2,1-4H3,(H,17,21)/t11-/m0/s1. The van der Waals surface area contributed by atoms with Crippen molar-refractivity contribution in [2.45, 2.75) is 38.3 Å². The molecular formula is C16H22N4OS. The van der Waals surface area contributed by atoms with Crippen molar-refractivity contribution in [3.8, 4) is 0 Å². The number of carbonyl (C=O) groups excluding carboxylic acids is 1. The summed E-state index contributed by atoms with van der Waals surface area (Å²) in [5, 5.41) is 11.7. The quantitative estimate of drug-likeness (QED) is 0.830. The summed E-state index contributed by atoms with van der Waals surface area (Å²) < 4.78 is 1.87. The molecule has 0 spiro atoms. The number of rotatable bonds is 6. The van der Waals surface area contributed by atoms with Crippen molar-refractivity contribution in [1.82, 2.24) is 14.8 Å². The van der Waals surface area contributed by atoms with Crippen LogP contribution in [0.5, 0.6) is 0 Å². The lowest BCUT2D eigenvalue weighted by atomic mass is 9.99. The Morgan fingerprint density at radius 3 is 2.55 bits per heavy atom. The second kappa shape index (κ2) is 7.45. The highest BCUT2D eigenvalue weighted by Gasteiger charge is 2.09. The van der Waals surface area contributed by atoms with Crippen LogP contribution in [-0.4, -0.2) is 26.4 Å². The van der Waals surface area contributed by atoms with Crippen molar-refractivity contribution in [3.05, 3.63) is 35.7 Å². The van der Waals surface area contributed by atoms with Crippen LogP contribution in [-0.2, 0) is 11.8 Å². The molecule has 0 bridgehead atoms. The first-order valence-corrected chi connectivity index (χ1v) is 8.38. The van der Waals surface area contributed by atoms with Gasteiger partial charge in [-0.15, -0.1) is 10.2 Å². The number of amides is 1. The minimum Gasteiger partial charge on any atom is -0.325 e. The lowest BCUT2D eigenvalue weighted by molar-refractivity contribution is -0.113. The maximum absolute atomic E-state index is 12.0. The van der Waals surface area contributed by atoms with E-state index in [1.165, 1.54) is 17.3 Å². The fourth-order valence-corrected chi connectivity index (χ4v) is 2.73. The average molecular weight is 318 g/mol. The Balaban J connectivity index is 1.88. The van der Waals surface area contributed by atoms with Gasteiger partial charge in [-0.2, -0.15) is 0 Å². The van der Waals surface area contributed by atoms with Gasteiger partial charge in [-0.1, -0.05) is 37.7 Å². The van der Waals surface area contributed by atoms with Crippen LogP contribution in [0.15, 0.2) is 29.4 Å². The highest BCUT2D eigenvalue weighted by atomic mass is 32.2. The lowest BCUT2D eigenvalue weighted by Gasteiger charge is -2.10. The van der Waals surface area contributed by atoms with E-state index >= 15 is 0 Å². The Kier molecular flexibility index (Phi) is 5.60. The van der Waals surface area contributed by atoms with E-state index in [1.54, 1.807) is 0 Å². The van der Waals surface area contributed by atoms with E-state index in [9.17, 15) is 4.79 Å². The maximum atomic E-state index is 12.0. The molecule has 0 radical (unpaired) electrons. The first-order valence-electron chi connectivity index (χ1n) is 7.39. The topological polar surface area (TPSA) is 59.8 Å². The van der Waals surface area contributed by atoms with Crippen molar-refractivity contribution in [2.24, 2.45) is 7.05 Å². The van der Waals surface area contributed by atoms with Gasteiger partial charge < -0.3 is 9.88 Å². The van der Waals surface area contributed by atoms with Gasteiger partial charge in [0.2, 0.25) is 5.91 Å². The molecule has 118 valence electrons. The molecule has 0 aliphatic rings. The van der Waals surface area contributed by atoms with E-state index in [1.807, 2.05) is 30.7 Å². The first-order chi connectivity index (χ1) is 10.5. The molecule has 0 unspecified atom stereocenters. The Labute approximate surface area is 135 Å². The van der Waals surface area contributed by atoms with Crippen LogP contribution in [0, 0.1) is 6.92 Å². The summed E-state index contributed by atoms with van der Waals surface area (Å²) in [6, 6.07) is 8.05. The Hall–Kier alpha value is -1.82. The van der Waals surface area contributed by atoms with Gasteiger partial charge in [-0.05, 0) is 37.0 Å². The number of carbonyl (C=O) groups is 1. The molecule has 1 heterocycles. The van der Waals surface area contributed by atoms with Gasteiger partial charge in [0.15, 0.2) is 5.16 Å². The van der Waals surface area contributed by atoms with Gasteiger partial charge in [0, 0.05) is 12.7 Å². The number of anilines is 1. The third-order valence-corrected chi connectivity index (χ3v) is 4.78. The zero-order chi connectivity index (χ0) is 16.1. The molecule has 2 aromatic rings. The second-order valence-electron chi connectivity index (χ2n) is 5.36. The molecule has 0 saturated carbocycles. The Bertz CT molecular complexity index is 636. The normalized spacial score (nSPS) is 12.2. The SMILES string of the molecule is CC[C@H](C)c1ccc(NC(=O)CSc2nnc(C)n2C)cc1. The van der Waals surface area contributed by atoms with E-state index in [0.29, 0.717) is 11.7 Å².